The summed E-state index contributed by atoms with van der Waals surface area (Å²) in [6.45, 7) is 3.51. The van der Waals surface area contributed by atoms with Crippen LogP contribution in [0.4, 0.5) is 0 Å². The highest BCUT2D eigenvalue weighted by atomic mass is 127. The quantitative estimate of drug-likeness (QED) is 0.266. The molecule has 1 saturated carbocycles. The summed E-state index contributed by atoms with van der Waals surface area (Å²) in [5, 5.41) is 9.10. The third-order valence-electron chi connectivity index (χ3n) is 5.75. The maximum absolute atomic E-state index is 13.3. The Kier molecular flexibility index (Phi) is 5.53. The van der Waals surface area contributed by atoms with E-state index in [-0.39, 0.29) is 21.2 Å². The van der Waals surface area contributed by atoms with Gasteiger partial charge in [0, 0.05) is 28.2 Å². The normalized spacial score (nSPS) is 21.5. The number of aryl methyl sites for hydroxylation is 1. The first-order valence-electron chi connectivity index (χ1n) is 10.1. The molecule has 3 heterocycles. The summed E-state index contributed by atoms with van der Waals surface area (Å²) >= 11 is 3.80. The molecule has 5 rings (SSSR count). The van der Waals surface area contributed by atoms with E-state index in [9.17, 15) is 13.2 Å². The van der Waals surface area contributed by atoms with Crippen molar-refractivity contribution >= 4 is 66.3 Å². The molecule has 0 unspecified atom stereocenters. The van der Waals surface area contributed by atoms with Crippen molar-refractivity contribution in [2.75, 3.05) is 0 Å². The van der Waals surface area contributed by atoms with Gasteiger partial charge in [-0.1, -0.05) is 52.0 Å². The van der Waals surface area contributed by atoms with Crippen molar-refractivity contribution in [2.24, 2.45) is 0 Å². The number of aromatic nitrogens is 5. The van der Waals surface area contributed by atoms with E-state index in [0.717, 1.165) is 24.2 Å². The van der Waals surface area contributed by atoms with E-state index in [4.69, 9.17) is 0 Å². The van der Waals surface area contributed by atoms with E-state index in [1.54, 1.807) is 43.5 Å². The fourth-order valence-electron chi connectivity index (χ4n) is 4.25. The van der Waals surface area contributed by atoms with Crippen LogP contribution in [-0.2, 0) is 14.8 Å². The van der Waals surface area contributed by atoms with Gasteiger partial charge in [0.05, 0.1) is 16.6 Å². The van der Waals surface area contributed by atoms with E-state index in [0.29, 0.717) is 20.7 Å². The van der Waals surface area contributed by atoms with Crippen LogP contribution in [0, 0.1) is 6.92 Å². The molecule has 11 heteroatoms. The minimum atomic E-state index is -3.80. The number of alkyl halides is 1. The van der Waals surface area contributed by atoms with Gasteiger partial charge in [-0.15, -0.1) is 10.2 Å². The van der Waals surface area contributed by atoms with Gasteiger partial charge in [-0.05, 0) is 38.0 Å². The SMILES string of the molecule is CC(=O)S[C@H]1C[C@@H](I)[C@@H](c2nnc3cnc4c(ccn4S(=O)(=O)c4ccc(C)cc4)n23)C1. The summed E-state index contributed by atoms with van der Waals surface area (Å²) in [6.07, 6.45) is 4.83. The van der Waals surface area contributed by atoms with Crippen molar-refractivity contribution in [3.63, 3.8) is 0 Å². The molecule has 3 aromatic heterocycles. The van der Waals surface area contributed by atoms with Crippen LogP contribution in [-0.4, -0.2) is 46.3 Å². The third kappa shape index (κ3) is 3.63. The first-order valence-corrected chi connectivity index (χ1v) is 13.7. The van der Waals surface area contributed by atoms with Crippen molar-refractivity contribution in [1.29, 1.82) is 0 Å². The number of halogens is 1. The molecule has 0 saturated heterocycles. The first-order chi connectivity index (χ1) is 15.3. The molecule has 166 valence electrons. The number of hydrogen-bond acceptors (Lipinski definition) is 7. The zero-order valence-electron chi connectivity index (χ0n) is 17.3. The second kappa shape index (κ2) is 8.10. The van der Waals surface area contributed by atoms with Crippen LogP contribution in [0.25, 0.3) is 16.8 Å². The Morgan fingerprint density at radius 3 is 2.62 bits per heavy atom. The number of thioether (sulfide) groups is 1. The topological polar surface area (TPSA) is 99.2 Å². The molecule has 32 heavy (non-hydrogen) atoms. The maximum atomic E-state index is 13.3. The summed E-state index contributed by atoms with van der Waals surface area (Å²) in [7, 11) is -3.80. The lowest BCUT2D eigenvalue weighted by Gasteiger charge is -2.12. The molecule has 3 atom stereocenters. The molecule has 0 amide bonds. The van der Waals surface area contributed by atoms with Crippen molar-refractivity contribution < 1.29 is 13.2 Å². The van der Waals surface area contributed by atoms with Crippen LogP contribution in [0.3, 0.4) is 0 Å². The molecule has 0 spiro atoms. The van der Waals surface area contributed by atoms with Gasteiger partial charge in [-0.3, -0.25) is 9.20 Å². The molecule has 0 radical (unpaired) electrons. The van der Waals surface area contributed by atoms with E-state index >= 15 is 0 Å². The Labute approximate surface area is 203 Å². The number of benzene rings is 1. The Hall–Kier alpha value is -1.99. The van der Waals surface area contributed by atoms with Gasteiger partial charge >= 0.3 is 0 Å². The lowest BCUT2D eigenvalue weighted by Crippen LogP contribution is -2.13. The van der Waals surface area contributed by atoms with Gasteiger partial charge in [-0.2, -0.15) is 0 Å². The second-order valence-electron chi connectivity index (χ2n) is 7.97. The molecule has 1 aliphatic carbocycles. The fourth-order valence-corrected chi connectivity index (χ4v) is 8.20. The van der Waals surface area contributed by atoms with Crippen molar-refractivity contribution in [3.05, 3.63) is 54.1 Å². The number of fused-ring (bicyclic) bond motifs is 3. The zero-order chi connectivity index (χ0) is 22.6. The highest BCUT2D eigenvalue weighted by molar-refractivity contribution is 14.1. The molecule has 4 aromatic rings. The van der Waals surface area contributed by atoms with Crippen LogP contribution in [0.15, 0.2) is 47.6 Å². The Morgan fingerprint density at radius 1 is 1.16 bits per heavy atom. The van der Waals surface area contributed by atoms with Crippen LogP contribution in [0.5, 0.6) is 0 Å². The minimum Gasteiger partial charge on any atom is -0.288 e. The van der Waals surface area contributed by atoms with Crippen LogP contribution < -0.4 is 0 Å². The van der Waals surface area contributed by atoms with E-state index in [2.05, 4.69) is 37.8 Å². The molecule has 1 fully saturated rings. The maximum Gasteiger partial charge on any atom is 0.269 e. The lowest BCUT2D eigenvalue weighted by atomic mass is 10.1. The molecule has 1 aliphatic rings. The lowest BCUT2D eigenvalue weighted by molar-refractivity contribution is -0.109. The predicted molar refractivity (Wildman–Crippen MR) is 132 cm³/mol. The van der Waals surface area contributed by atoms with Crippen LogP contribution >= 0.6 is 34.4 Å². The number of carbonyl (C=O) groups excluding carboxylic acids is 1. The van der Waals surface area contributed by atoms with E-state index in [1.165, 1.54) is 21.9 Å². The summed E-state index contributed by atoms with van der Waals surface area (Å²) in [5.41, 5.74) is 2.53. The van der Waals surface area contributed by atoms with Gasteiger partial charge in [0.2, 0.25) is 0 Å². The van der Waals surface area contributed by atoms with Gasteiger partial charge in [0.15, 0.2) is 16.4 Å². The van der Waals surface area contributed by atoms with Crippen molar-refractivity contribution in [1.82, 2.24) is 23.6 Å². The highest BCUT2D eigenvalue weighted by Gasteiger charge is 2.38. The Balaban J connectivity index is 1.61. The Morgan fingerprint density at radius 2 is 1.91 bits per heavy atom. The molecular formula is C21H20IN5O3S2. The van der Waals surface area contributed by atoms with Crippen molar-refractivity contribution in [2.45, 2.75) is 46.7 Å². The average molecular weight is 581 g/mol. The summed E-state index contributed by atoms with van der Waals surface area (Å²) in [5.74, 6) is 0.897. The number of carbonyl (C=O) groups is 1. The van der Waals surface area contributed by atoms with Gasteiger partial charge < -0.3 is 0 Å². The van der Waals surface area contributed by atoms with E-state index in [1.807, 2.05) is 11.3 Å². The molecular weight excluding hydrogens is 561 g/mol. The third-order valence-corrected chi connectivity index (χ3v) is 9.85. The average Bonchev–Trinajstić information content (AvgIpc) is 3.43. The first kappa shape index (κ1) is 21.8. The second-order valence-corrected chi connectivity index (χ2v) is 12.9. The molecule has 0 aliphatic heterocycles. The largest absolute Gasteiger partial charge is 0.288 e. The monoisotopic (exact) mass is 581 g/mol. The van der Waals surface area contributed by atoms with Gasteiger partial charge in [0.25, 0.3) is 10.0 Å². The number of rotatable bonds is 4. The Bertz CT molecular complexity index is 1450. The zero-order valence-corrected chi connectivity index (χ0v) is 21.1. The van der Waals surface area contributed by atoms with Crippen molar-refractivity contribution in [3.8, 4) is 0 Å². The van der Waals surface area contributed by atoms with E-state index < -0.39 is 10.0 Å². The van der Waals surface area contributed by atoms with Crippen LogP contribution in [0.1, 0.15) is 37.1 Å². The van der Waals surface area contributed by atoms with Crippen LogP contribution in [0.2, 0.25) is 0 Å². The smallest absolute Gasteiger partial charge is 0.269 e. The summed E-state index contributed by atoms with van der Waals surface area (Å²) in [4.78, 5) is 16.2. The molecule has 1 aromatic carbocycles. The summed E-state index contributed by atoms with van der Waals surface area (Å²) < 4.78 is 30.0. The number of nitrogens with zero attached hydrogens (tertiary/aromatic N) is 5. The molecule has 0 bridgehead atoms. The molecule has 8 nitrogen and oxygen atoms in total. The minimum absolute atomic E-state index is 0.116. The molecule has 0 N–H and O–H groups in total. The standard InChI is InChI=1S/C21H20IN5O3S2/c1-12-3-5-15(6-4-12)32(29,30)26-8-7-18-21(26)23-11-19-24-25-20(27(18)19)16-9-14(10-17(16)22)31-13(2)28/h3-8,11,14,16-17H,9-10H2,1-2H3/t14-,16+,17-/m1/s1. The fraction of sp³-hybridized carbons (Fsp3) is 0.333. The predicted octanol–water partition coefficient (Wildman–Crippen LogP) is 3.95. The van der Waals surface area contributed by atoms with Gasteiger partial charge in [-0.25, -0.2) is 17.4 Å². The number of hydrogen-bond donors (Lipinski definition) is 0. The van der Waals surface area contributed by atoms with Gasteiger partial charge in [0.1, 0.15) is 5.82 Å². The highest BCUT2D eigenvalue weighted by Crippen LogP contribution is 2.44. The summed E-state index contributed by atoms with van der Waals surface area (Å²) in [6, 6.07) is 8.50.